The van der Waals surface area contributed by atoms with Gasteiger partial charge in [0, 0.05) is 29.3 Å². The number of hydrogen-bond acceptors (Lipinski definition) is 3. The van der Waals surface area contributed by atoms with Crippen molar-refractivity contribution in [1.29, 1.82) is 0 Å². The molecule has 0 aliphatic heterocycles. The highest BCUT2D eigenvalue weighted by Crippen LogP contribution is 2.33. The summed E-state index contributed by atoms with van der Waals surface area (Å²) in [5.41, 5.74) is 1.53. The van der Waals surface area contributed by atoms with E-state index in [-0.39, 0.29) is 42.5 Å². The maximum atomic E-state index is 12.5. The van der Waals surface area contributed by atoms with Crippen molar-refractivity contribution in [2.45, 2.75) is 25.2 Å². The molecule has 5 heteroatoms. The fourth-order valence-electron chi connectivity index (χ4n) is 3.23. The zero-order valence-electron chi connectivity index (χ0n) is 13.4. The molecule has 1 fully saturated rings. The molecule has 0 N–H and O–H groups in total. The second-order valence-corrected chi connectivity index (χ2v) is 7.10. The fourth-order valence-corrected chi connectivity index (χ4v) is 3.56. The first kappa shape index (κ1) is 17.8. The zero-order valence-corrected chi connectivity index (χ0v) is 14.9. The Bertz CT molecular complexity index is 809. The van der Waals surface area contributed by atoms with E-state index in [1.165, 1.54) is 0 Å². The highest BCUT2D eigenvalue weighted by atomic mass is 35.5. The summed E-state index contributed by atoms with van der Waals surface area (Å²) in [6.07, 6.45) is 0.367. The van der Waals surface area contributed by atoms with Crippen molar-refractivity contribution >= 4 is 40.6 Å². The highest BCUT2D eigenvalue weighted by molar-refractivity contribution is 6.32. The molecule has 0 spiro atoms. The molecule has 25 heavy (non-hydrogen) atoms. The van der Waals surface area contributed by atoms with Gasteiger partial charge in [-0.15, -0.1) is 0 Å². The minimum atomic E-state index is -1.17. The quantitative estimate of drug-likeness (QED) is 0.743. The Labute approximate surface area is 155 Å². The Morgan fingerprint density at radius 1 is 0.920 bits per heavy atom. The number of ketones is 3. The molecular weight excluding hydrogens is 359 g/mol. The molecular formula is C20H16Cl2O3. The van der Waals surface area contributed by atoms with Crippen molar-refractivity contribution in [1.82, 2.24) is 0 Å². The van der Waals surface area contributed by atoms with E-state index in [9.17, 15) is 14.4 Å². The molecule has 1 aliphatic carbocycles. The fraction of sp³-hybridized carbons (Fsp3) is 0.250. The second-order valence-electron chi connectivity index (χ2n) is 6.26. The molecule has 128 valence electrons. The summed E-state index contributed by atoms with van der Waals surface area (Å²) in [5.74, 6) is -2.36. The van der Waals surface area contributed by atoms with Crippen LogP contribution in [0.15, 0.2) is 48.5 Å². The summed E-state index contributed by atoms with van der Waals surface area (Å²) >= 11 is 11.9. The molecule has 2 aromatic rings. The molecule has 0 unspecified atom stereocenters. The molecule has 3 nitrogen and oxygen atoms in total. The average Bonchev–Trinajstić information content (AvgIpc) is 2.57. The Kier molecular flexibility index (Phi) is 5.36. The van der Waals surface area contributed by atoms with Crippen molar-refractivity contribution < 1.29 is 14.4 Å². The molecule has 2 aromatic carbocycles. The first-order chi connectivity index (χ1) is 12.0. The first-order valence-corrected chi connectivity index (χ1v) is 8.78. The van der Waals surface area contributed by atoms with Gasteiger partial charge >= 0.3 is 0 Å². The molecule has 0 saturated heterocycles. The van der Waals surface area contributed by atoms with Crippen LogP contribution in [0.4, 0.5) is 0 Å². The van der Waals surface area contributed by atoms with E-state index in [1.54, 1.807) is 36.4 Å². The summed E-state index contributed by atoms with van der Waals surface area (Å²) < 4.78 is 0. The van der Waals surface area contributed by atoms with E-state index in [0.29, 0.717) is 15.6 Å². The predicted molar refractivity (Wildman–Crippen MR) is 97.1 cm³/mol. The molecule has 0 bridgehead atoms. The number of Topliss-reactive ketones (excluding diaryl/α,β-unsaturated/α-hetero) is 3. The molecule has 0 heterocycles. The van der Waals surface area contributed by atoms with Gasteiger partial charge in [-0.3, -0.25) is 14.4 Å². The molecule has 0 aromatic heterocycles. The van der Waals surface area contributed by atoms with Gasteiger partial charge in [-0.2, -0.15) is 0 Å². The van der Waals surface area contributed by atoms with E-state index in [0.717, 1.165) is 5.56 Å². The zero-order chi connectivity index (χ0) is 18.0. The summed E-state index contributed by atoms with van der Waals surface area (Å²) in [6.45, 7) is 0. The van der Waals surface area contributed by atoms with Crippen LogP contribution in [0.25, 0.3) is 0 Å². The van der Waals surface area contributed by atoms with Crippen molar-refractivity contribution in [3.05, 3.63) is 69.7 Å². The van der Waals surface area contributed by atoms with Crippen LogP contribution in [0.1, 0.15) is 29.9 Å². The van der Waals surface area contributed by atoms with Crippen LogP contribution in [-0.4, -0.2) is 17.3 Å². The molecule has 0 amide bonds. The smallest absolute Gasteiger partial charge is 0.155 e. The van der Waals surface area contributed by atoms with Crippen LogP contribution in [0.3, 0.4) is 0 Å². The summed E-state index contributed by atoms with van der Waals surface area (Å²) in [4.78, 5) is 37.5. The number of carbonyl (C=O) groups is 3. The Morgan fingerprint density at radius 3 is 2.12 bits per heavy atom. The summed E-state index contributed by atoms with van der Waals surface area (Å²) in [7, 11) is 0. The third-order valence-electron chi connectivity index (χ3n) is 4.53. The van der Waals surface area contributed by atoms with E-state index in [4.69, 9.17) is 23.2 Å². The van der Waals surface area contributed by atoms with Crippen LogP contribution in [0, 0.1) is 5.92 Å². The van der Waals surface area contributed by atoms with Crippen LogP contribution in [-0.2, 0) is 20.8 Å². The maximum Gasteiger partial charge on any atom is 0.155 e. The van der Waals surface area contributed by atoms with Crippen molar-refractivity contribution in [3.63, 3.8) is 0 Å². The monoisotopic (exact) mass is 374 g/mol. The van der Waals surface area contributed by atoms with E-state index < -0.39 is 5.92 Å². The predicted octanol–water partition coefficient (Wildman–Crippen LogP) is 4.44. The molecule has 3 rings (SSSR count). The number of benzene rings is 2. The summed E-state index contributed by atoms with van der Waals surface area (Å²) in [5, 5.41) is 1.07. The number of halogens is 2. The van der Waals surface area contributed by atoms with Gasteiger partial charge in [0.1, 0.15) is 5.92 Å². The van der Waals surface area contributed by atoms with Crippen LogP contribution < -0.4 is 0 Å². The summed E-state index contributed by atoms with van der Waals surface area (Å²) in [6, 6.07) is 14.1. The van der Waals surface area contributed by atoms with Gasteiger partial charge < -0.3 is 0 Å². The lowest BCUT2D eigenvalue weighted by atomic mass is 9.74. The number of carbonyl (C=O) groups excluding carboxylic acids is 3. The van der Waals surface area contributed by atoms with Gasteiger partial charge in [0.25, 0.3) is 0 Å². The van der Waals surface area contributed by atoms with E-state index >= 15 is 0 Å². The van der Waals surface area contributed by atoms with E-state index in [1.807, 2.05) is 12.1 Å². The third kappa shape index (κ3) is 4.00. The van der Waals surface area contributed by atoms with E-state index in [2.05, 4.69) is 0 Å². The van der Waals surface area contributed by atoms with Gasteiger partial charge in [-0.25, -0.2) is 0 Å². The lowest BCUT2D eigenvalue weighted by Gasteiger charge is -2.26. The Hall–Kier alpha value is -1.97. The number of rotatable bonds is 4. The van der Waals surface area contributed by atoms with Crippen LogP contribution in [0.2, 0.25) is 10.0 Å². The molecule has 0 atom stereocenters. The average molecular weight is 375 g/mol. The Morgan fingerprint density at radius 2 is 1.52 bits per heavy atom. The van der Waals surface area contributed by atoms with Gasteiger partial charge in [-0.1, -0.05) is 53.5 Å². The second kappa shape index (κ2) is 7.51. The van der Waals surface area contributed by atoms with Crippen LogP contribution in [0.5, 0.6) is 0 Å². The topological polar surface area (TPSA) is 51.2 Å². The van der Waals surface area contributed by atoms with Gasteiger partial charge in [0.2, 0.25) is 0 Å². The van der Waals surface area contributed by atoms with Crippen molar-refractivity contribution in [2.75, 3.05) is 0 Å². The van der Waals surface area contributed by atoms with Gasteiger partial charge in [0.15, 0.2) is 17.3 Å². The van der Waals surface area contributed by atoms with Gasteiger partial charge in [-0.05, 0) is 35.2 Å². The van der Waals surface area contributed by atoms with Gasteiger partial charge in [0.05, 0.1) is 0 Å². The minimum Gasteiger partial charge on any atom is -0.298 e. The highest BCUT2D eigenvalue weighted by Gasteiger charge is 2.40. The molecule has 1 saturated carbocycles. The normalized spacial score (nSPS) is 20.6. The lowest BCUT2D eigenvalue weighted by Crippen LogP contribution is -2.38. The van der Waals surface area contributed by atoms with Crippen molar-refractivity contribution in [2.24, 2.45) is 5.92 Å². The minimum absolute atomic E-state index is 0.00652. The Balaban J connectivity index is 1.73. The first-order valence-electron chi connectivity index (χ1n) is 8.02. The SMILES string of the molecule is O=C(Cc1ccccc1Cl)C1C(=O)CC(c2ccc(Cl)cc2)CC1=O. The molecule has 1 aliphatic rings. The van der Waals surface area contributed by atoms with Crippen LogP contribution >= 0.6 is 23.2 Å². The molecule has 0 radical (unpaired) electrons. The third-order valence-corrected chi connectivity index (χ3v) is 5.15. The largest absolute Gasteiger partial charge is 0.298 e. The number of hydrogen-bond donors (Lipinski definition) is 0. The van der Waals surface area contributed by atoms with Crippen molar-refractivity contribution in [3.8, 4) is 0 Å². The maximum absolute atomic E-state index is 12.5. The standard InChI is InChI=1S/C20H16Cl2O3/c21-15-7-5-12(6-8-15)14-10-18(24)20(19(25)11-14)17(23)9-13-3-1-2-4-16(13)22/h1-8,14,20H,9-11H2. The lowest BCUT2D eigenvalue weighted by molar-refractivity contribution is -0.142.